The van der Waals surface area contributed by atoms with Crippen LogP contribution in [0, 0.1) is 5.92 Å². The average molecular weight is 233 g/mol. The third-order valence-electron chi connectivity index (χ3n) is 2.75. The SMILES string of the molecule is CNC(=O)c1ccc(CCC(=O)C(C)C)cc1. The zero-order valence-electron chi connectivity index (χ0n) is 10.6. The Bertz CT molecular complexity index is 393. The molecule has 0 bridgehead atoms. The maximum Gasteiger partial charge on any atom is 0.251 e. The Balaban J connectivity index is 2.57. The average Bonchev–Trinajstić information content (AvgIpc) is 2.35. The standard InChI is InChI=1S/C14H19NO2/c1-10(2)13(16)9-6-11-4-7-12(8-5-11)14(17)15-3/h4-5,7-8,10H,6,9H2,1-3H3,(H,15,17). The molecule has 17 heavy (non-hydrogen) atoms. The number of carbonyl (C=O) groups excluding carboxylic acids is 2. The molecule has 1 aromatic carbocycles. The maximum atomic E-state index is 11.5. The molecule has 0 heterocycles. The van der Waals surface area contributed by atoms with E-state index in [1.807, 2.05) is 26.0 Å². The fourth-order valence-electron chi connectivity index (χ4n) is 1.52. The van der Waals surface area contributed by atoms with Crippen LogP contribution in [0.4, 0.5) is 0 Å². The molecule has 0 atom stereocenters. The quantitative estimate of drug-likeness (QED) is 0.847. The van der Waals surface area contributed by atoms with Crippen molar-refractivity contribution in [2.45, 2.75) is 26.7 Å². The van der Waals surface area contributed by atoms with Crippen molar-refractivity contribution in [3.8, 4) is 0 Å². The van der Waals surface area contributed by atoms with Crippen molar-refractivity contribution in [3.63, 3.8) is 0 Å². The minimum Gasteiger partial charge on any atom is -0.355 e. The number of hydrogen-bond acceptors (Lipinski definition) is 2. The van der Waals surface area contributed by atoms with Crippen LogP contribution in [-0.2, 0) is 11.2 Å². The highest BCUT2D eigenvalue weighted by Gasteiger charge is 2.07. The molecule has 0 saturated heterocycles. The molecule has 0 aliphatic heterocycles. The molecule has 1 aromatic rings. The summed E-state index contributed by atoms with van der Waals surface area (Å²) in [6.07, 6.45) is 1.31. The Morgan fingerprint density at radius 2 is 1.76 bits per heavy atom. The predicted octanol–water partition coefficient (Wildman–Crippen LogP) is 2.20. The lowest BCUT2D eigenvalue weighted by Crippen LogP contribution is -2.17. The molecule has 1 amide bonds. The largest absolute Gasteiger partial charge is 0.355 e. The second-order valence-corrected chi connectivity index (χ2v) is 4.40. The van der Waals surface area contributed by atoms with Crippen molar-refractivity contribution in [2.75, 3.05) is 7.05 Å². The van der Waals surface area contributed by atoms with Crippen molar-refractivity contribution < 1.29 is 9.59 Å². The third-order valence-corrected chi connectivity index (χ3v) is 2.75. The van der Waals surface area contributed by atoms with Gasteiger partial charge in [-0.25, -0.2) is 0 Å². The maximum absolute atomic E-state index is 11.5. The highest BCUT2D eigenvalue weighted by atomic mass is 16.1. The van der Waals surface area contributed by atoms with E-state index >= 15 is 0 Å². The van der Waals surface area contributed by atoms with Gasteiger partial charge in [-0.2, -0.15) is 0 Å². The number of carbonyl (C=O) groups is 2. The van der Waals surface area contributed by atoms with Gasteiger partial charge in [-0.3, -0.25) is 9.59 Å². The molecule has 0 aromatic heterocycles. The Hall–Kier alpha value is -1.64. The molecule has 0 aliphatic carbocycles. The molecule has 0 saturated carbocycles. The van der Waals surface area contributed by atoms with Crippen LogP contribution in [0.25, 0.3) is 0 Å². The van der Waals surface area contributed by atoms with Crippen molar-refractivity contribution in [1.29, 1.82) is 0 Å². The number of hydrogen-bond donors (Lipinski definition) is 1. The number of rotatable bonds is 5. The zero-order chi connectivity index (χ0) is 12.8. The van der Waals surface area contributed by atoms with Crippen molar-refractivity contribution >= 4 is 11.7 Å². The van der Waals surface area contributed by atoms with Gasteiger partial charge in [0.25, 0.3) is 5.91 Å². The second-order valence-electron chi connectivity index (χ2n) is 4.40. The molecule has 3 nitrogen and oxygen atoms in total. The fraction of sp³-hybridized carbons (Fsp3) is 0.429. The van der Waals surface area contributed by atoms with Crippen LogP contribution in [0.5, 0.6) is 0 Å². The van der Waals surface area contributed by atoms with E-state index in [-0.39, 0.29) is 17.6 Å². The van der Waals surface area contributed by atoms with Crippen molar-refractivity contribution in [3.05, 3.63) is 35.4 Å². The van der Waals surface area contributed by atoms with Gasteiger partial charge in [0.05, 0.1) is 0 Å². The molecule has 0 aliphatic rings. The van der Waals surface area contributed by atoms with Gasteiger partial charge < -0.3 is 5.32 Å². The van der Waals surface area contributed by atoms with Crippen molar-refractivity contribution in [2.24, 2.45) is 5.92 Å². The number of Topliss-reactive ketones (excluding diaryl/α,β-unsaturated/α-hetero) is 1. The van der Waals surface area contributed by atoms with E-state index in [1.54, 1.807) is 19.2 Å². The van der Waals surface area contributed by atoms with E-state index in [0.29, 0.717) is 12.0 Å². The summed E-state index contributed by atoms with van der Waals surface area (Å²) in [7, 11) is 1.61. The topological polar surface area (TPSA) is 46.2 Å². The molecule has 0 spiro atoms. The minimum atomic E-state index is -0.0881. The smallest absolute Gasteiger partial charge is 0.251 e. The Morgan fingerprint density at radius 3 is 2.24 bits per heavy atom. The van der Waals surface area contributed by atoms with Crippen LogP contribution >= 0.6 is 0 Å². The lowest BCUT2D eigenvalue weighted by atomic mass is 10.0. The van der Waals surface area contributed by atoms with Gasteiger partial charge in [-0.15, -0.1) is 0 Å². The molecule has 0 radical (unpaired) electrons. The van der Waals surface area contributed by atoms with Gasteiger partial charge in [-0.05, 0) is 24.1 Å². The van der Waals surface area contributed by atoms with Crippen LogP contribution in [0.3, 0.4) is 0 Å². The molecule has 0 fully saturated rings. The lowest BCUT2D eigenvalue weighted by molar-refractivity contribution is -0.121. The lowest BCUT2D eigenvalue weighted by Gasteiger charge is -2.05. The van der Waals surface area contributed by atoms with Gasteiger partial charge in [0.1, 0.15) is 5.78 Å². The number of ketones is 1. The number of benzene rings is 1. The van der Waals surface area contributed by atoms with Gasteiger partial charge in [0.15, 0.2) is 0 Å². The van der Waals surface area contributed by atoms with Gasteiger partial charge in [-0.1, -0.05) is 26.0 Å². The van der Waals surface area contributed by atoms with Crippen LogP contribution < -0.4 is 5.32 Å². The number of aryl methyl sites for hydroxylation is 1. The number of nitrogens with one attached hydrogen (secondary N) is 1. The highest BCUT2D eigenvalue weighted by molar-refractivity contribution is 5.93. The first-order valence-corrected chi connectivity index (χ1v) is 5.88. The first kappa shape index (κ1) is 13.4. The monoisotopic (exact) mass is 233 g/mol. The van der Waals surface area contributed by atoms with Crippen LogP contribution in [0.2, 0.25) is 0 Å². The summed E-state index contributed by atoms with van der Waals surface area (Å²) >= 11 is 0. The van der Waals surface area contributed by atoms with E-state index in [1.165, 1.54) is 0 Å². The summed E-state index contributed by atoms with van der Waals surface area (Å²) in [6.45, 7) is 3.83. The van der Waals surface area contributed by atoms with Crippen LogP contribution in [-0.4, -0.2) is 18.7 Å². The molecular weight excluding hydrogens is 214 g/mol. The Kier molecular flexibility index (Phi) is 4.88. The first-order chi connectivity index (χ1) is 8.04. The molecule has 0 unspecified atom stereocenters. The van der Waals surface area contributed by atoms with E-state index in [2.05, 4.69) is 5.32 Å². The fourth-order valence-corrected chi connectivity index (χ4v) is 1.52. The predicted molar refractivity (Wildman–Crippen MR) is 68.0 cm³/mol. The van der Waals surface area contributed by atoms with Crippen LogP contribution in [0.1, 0.15) is 36.2 Å². The second kappa shape index (κ2) is 6.18. The Morgan fingerprint density at radius 1 is 1.18 bits per heavy atom. The van der Waals surface area contributed by atoms with E-state index < -0.39 is 0 Å². The highest BCUT2D eigenvalue weighted by Crippen LogP contribution is 2.09. The normalized spacial score (nSPS) is 10.4. The van der Waals surface area contributed by atoms with Gasteiger partial charge >= 0.3 is 0 Å². The molecule has 1 N–H and O–H groups in total. The van der Waals surface area contributed by atoms with Gasteiger partial charge in [0.2, 0.25) is 0 Å². The van der Waals surface area contributed by atoms with Gasteiger partial charge in [0, 0.05) is 24.9 Å². The molecule has 92 valence electrons. The molecule has 1 rings (SSSR count). The van der Waals surface area contributed by atoms with Crippen molar-refractivity contribution in [1.82, 2.24) is 5.32 Å². The Labute approximate surface area is 102 Å². The summed E-state index contributed by atoms with van der Waals surface area (Å²) in [6, 6.07) is 7.37. The first-order valence-electron chi connectivity index (χ1n) is 5.88. The van der Waals surface area contributed by atoms with Crippen LogP contribution in [0.15, 0.2) is 24.3 Å². The van der Waals surface area contributed by atoms with E-state index in [4.69, 9.17) is 0 Å². The summed E-state index contributed by atoms with van der Waals surface area (Å²) in [5.41, 5.74) is 1.73. The summed E-state index contributed by atoms with van der Waals surface area (Å²) in [5.74, 6) is 0.287. The zero-order valence-corrected chi connectivity index (χ0v) is 10.6. The van der Waals surface area contributed by atoms with E-state index in [0.717, 1.165) is 12.0 Å². The summed E-state index contributed by atoms with van der Waals surface area (Å²) < 4.78 is 0. The number of amides is 1. The third kappa shape index (κ3) is 4.02. The van der Waals surface area contributed by atoms with E-state index in [9.17, 15) is 9.59 Å². The molecule has 3 heteroatoms. The molecular formula is C14H19NO2. The summed E-state index contributed by atoms with van der Waals surface area (Å²) in [4.78, 5) is 22.8. The minimum absolute atomic E-state index is 0.0881. The summed E-state index contributed by atoms with van der Waals surface area (Å²) in [5, 5.41) is 2.57.